The first-order chi connectivity index (χ1) is 10.1. The third-order valence-electron chi connectivity index (χ3n) is 4.75. The van der Waals surface area contributed by atoms with E-state index < -0.39 is 6.04 Å². The molecule has 3 atom stereocenters. The molecule has 1 aliphatic heterocycles. The van der Waals surface area contributed by atoms with E-state index in [1.165, 1.54) is 13.5 Å². The molecule has 21 heavy (non-hydrogen) atoms. The molecule has 1 aliphatic carbocycles. The largest absolute Gasteiger partial charge is 0.467 e. The lowest BCUT2D eigenvalue weighted by atomic mass is 9.84. The number of hydrogen-bond acceptors (Lipinski definition) is 4. The number of aryl methyl sites for hydroxylation is 1. The molecule has 1 aromatic rings. The predicted octanol–water partition coefficient (Wildman–Crippen LogP) is 1.37. The summed E-state index contributed by atoms with van der Waals surface area (Å²) >= 11 is 0. The molecule has 6 nitrogen and oxygen atoms in total. The average molecular weight is 291 g/mol. The molecule has 2 fully saturated rings. The van der Waals surface area contributed by atoms with Crippen molar-refractivity contribution >= 4 is 11.9 Å². The van der Waals surface area contributed by atoms with Crippen molar-refractivity contribution < 1.29 is 14.3 Å². The van der Waals surface area contributed by atoms with E-state index in [0.29, 0.717) is 11.5 Å². The van der Waals surface area contributed by atoms with Gasteiger partial charge in [-0.2, -0.15) is 5.10 Å². The van der Waals surface area contributed by atoms with Crippen molar-refractivity contribution in [2.45, 2.75) is 44.2 Å². The number of aromatic nitrogens is 2. The lowest BCUT2D eigenvalue weighted by Gasteiger charge is -2.33. The Morgan fingerprint density at radius 1 is 1.33 bits per heavy atom. The van der Waals surface area contributed by atoms with Crippen molar-refractivity contribution in [3.05, 3.63) is 18.0 Å². The second-order valence-corrected chi connectivity index (χ2v) is 6.00. The minimum atomic E-state index is -0.448. The Morgan fingerprint density at radius 2 is 2.10 bits per heavy atom. The lowest BCUT2D eigenvalue weighted by molar-refractivity contribution is -0.145. The third-order valence-corrected chi connectivity index (χ3v) is 4.75. The molecular formula is C15H21N3O3. The van der Waals surface area contributed by atoms with Gasteiger partial charge >= 0.3 is 5.97 Å². The SMILES string of the molecule is COC(=O)[C@@H]1C[C@@H]2CCCC[C@H]2N1C(=O)c1cnn(C)c1. The molecule has 1 aromatic heterocycles. The maximum Gasteiger partial charge on any atom is 0.328 e. The number of ether oxygens (including phenoxy) is 1. The van der Waals surface area contributed by atoms with Crippen molar-refractivity contribution in [2.24, 2.45) is 13.0 Å². The second kappa shape index (κ2) is 5.50. The van der Waals surface area contributed by atoms with Crippen LogP contribution < -0.4 is 0 Å². The minimum Gasteiger partial charge on any atom is -0.467 e. The number of amides is 1. The number of carbonyl (C=O) groups excluding carboxylic acids is 2. The molecule has 1 amide bonds. The maximum atomic E-state index is 12.8. The van der Waals surface area contributed by atoms with E-state index in [1.807, 2.05) is 0 Å². The zero-order valence-corrected chi connectivity index (χ0v) is 12.5. The summed E-state index contributed by atoms with van der Waals surface area (Å²) in [5.41, 5.74) is 0.539. The number of likely N-dealkylation sites (tertiary alicyclic amines) is 1. The molecule has 6 heteroatoms. The van der Waals surface area contributed by atoms with Gasteiger partial charge in [0.25, 0.3) is 5.91 Å². The summed E-state index contributed by atoms with van der Waals surface area (Å²) in [5, 5.41) is 4.06. The van der Waals surface area contributed by atoms with Crippen LogP contribution in [0.3, 0.4) is 0 Å². The van der Waals surface area contributed by atoms with Gasteiger partial charge in [0.2, 0.25) is 0 Å². The van der Waals surface area contributed by atoms with Crippen molar-refractivity contribution in [1.82, 2.24) is 14.7 Å². The van der Waals surface area contributed by atoms with Gasteiger partial charge in [0, 0.05) is 19.3 Å². The number of carbonyl (C=O) groups is 2. The Labute approximate surface area is 124 Å². The topological polar surface area (TPSA) is 64.4 Å². The molecule has 114 valence electrons. The quantitative estimate of drug-likeness (QED) is 0.772. The van der Waals surface area contributed by atoms with Gasteiger partial charge in [-0.1, -0.05) is 12.8 Å². The Bertz CT molecular complexity index is 554. The Kier molecular flexibility index (Phi) is 3.69. The highest BCUT2D eigenvalue weighted by Crippen LogP contribution is 2.40. The maximum absolute atomic E-state index is 12.8. The standard InChI is InChI=1S/C15H21N3O3/c1-17-9-11(8-16-17)14(19)18-12-6-4-3-5-10(12)7-13(18)15(20)21-2/h8-10,12-13H,3-7H2,1-2H3/t10-,12+,13-/m0/s1. The highest BCUT2D eigenvalue weighted by Gasteiger charge is 2.48. The number of hydrogen-bond donors (Lipinski definition) is 0. The monoisotopic (exact) mass is 291 g/mol. The van der Waals surface area contributed by atoms with Crippen LogP contribution in [-0.4, -0.2) is 45.8 Å². The first-order valence-electron chi connectivity index (χ1n) is 7.51. The normalized spacial score (nSPS) is 28.3. The van der Waals surface area contributed by atoms with Crippen LogP contribution in [0.5, 0.6) is 0 Å². The van der Waals surface area contributed by atoms with E-state index in [9.17, 15) is 9.59 Å². The van der Waals surface area contributed by atoms with Crippen LogP contribution >= 0.6 is 0 Å². The first kappa shape index (κ1) is 14.1. The van der Waals surface area contributed by atoms with Crippen LogP contribution in [-0.2, 0) is 16.6 Å². The number of nitrogens with zero attached hydrogens (tertiary/aromatic N) is 3. The molecule has 0 unspecified atom stereocenters. The fraction of sp³-hybridized carbons (Fsp3) is 0.667. The highest BCUT2D eigenvalue weighted by atomic mass is 16.5. The zero-order chi connectivity index (χ0) is 15.0. The summed E-state index contributed by atoms with van der Waals surface area (Å²) in [5.74, 6) is 0.0120. The first-order valence-corrected chi connectivity index (χ1v) is 7.51. The fourth-order valence-corrected chi connectivity index (χ4v) is 3.78. The average Bonchev–Trinajstić information content (AvgIpc) is 3.09. The third kappa shape index (κ3) is 2.43. The summed E-state index contributed by atoms with van der Waals surface area (Å²) in [6, 6.07) is -0.286. The molecule has 3 rings (SSSR count). The highest BCUT2D eigenvalue weighted by molar-refractivity contribution is 5.97. The molecular weight excluding hydrogens is 270 g/mol. The molecule has 0 N–H and O–H groups in total. The van der Waals surface area contributed by atoms with Gasteiger partial charge < -0.3 is 9.64 Å². The van der Waals surface area contributed by atoms with Crippen molar-refractivity contribution in [3.63, 3.8) is 0 Å². The second-order valence-electron chi connectivity index (χ2n) is 6.00. The molecule has 0 spiro atoms. The molecule has 0 radical (unpaired) electrons. The van der Waals surface area contributed by atoms with E-state index in [4.69, 9.17) is 4.74 Å². The summed E-state index contributed by atoms with van der Waals surface area (Å²) in [4.78, 5) is 26.6. The molecule has 2 aliphatic rings. The molecule has 1 saturated carbocycles. The summed E-state index contributed by atoms with van der Waals surface area (Å²) in [6.07, 6.45) is 8.36. The molecule has 2 heterocycles. The van der Waals surface area contributed by atoms with Crippen LogP contribution in [0.2, 0.25) is 0 Å². The zero-order valence-electron chi connectivity index (χ0n) is 12.5. The van der Waals surface area contributed by atoms with E-state index in [-0.39, 0.29) is 17.9 Å². The van der Waals surface area contributed by atoms with E-state index in [2.05, 4.69) is 5.10 Å². The van der Waals surface area contributed by atoms with Gasteiger partial charge in [0.15, 0.2) is 0 Å². The summed E-state index contributed by atoms with van der Waals surface area (Å²) in [6.45, 7) is 0. The van der Waals surface area contributed by atoms with Crippen LogP contribution in [0.15, 0.2) is 12.4 Å². The van der Waals surface area contributed by atoms with Gasteiger partial charge in [-0.3, -0.25) is 9.48 Å². The summed E-state index contributed by atoms with van der Waals surface area (Å²) in [7, 11) is 3.17. The number of fused-ring (bicyclic) bond motifs is 1. The van der Waals surface area contributed by atoms with Gasteiger partial charge in [-0.25, -0.2) is 4.79 Å². The predicted molar refractivity (Wildman–Crippen MR) is 75.5 cm³/mol. The molecule has 0 bridgehead atoms. The fourth-order valence-electron chi connectivity index (χ4n) is 3.78. The number of esters is 1. The van der Waals surface area contributed by atoms with Crippen LogP contribution in [0, 0.1) is 5.92 Å². The van der Waals surface area contributed by atoms with Crippen molar-refractivity contribution in [3.8, 4) is 0 Å². The number of methoxy groups -OCH3 is 1. The van der Waals surface area contributed by atoms with Gasteiger partial charge in [0.1, 0.15) is 6.04 Å². The van der Waals surface area contributed by atoms with Crippen LogP contribution in [0.1, 0.15) is 42.5 Å². The Hall–Kier alpha value is -1.85. The van der Waals surface area contributed by atoms with Gasteiger partial charge in [-0.15, -0.1) is 0 Å². The molecule has 0 aromatic carbocycles. The van der Waals surface area contributed by atoms with Gasteiger partial charge in [-0.05, 0) is 25.2 Å². The minimum absolute atomic E-state index is 0.104. The van der Waals surface area contributed by atoms with E-state index in [0.717, 1.165) is 25.7 Å². The van der Waals surface area contributed by atoms with E-state index in [1.54, 1.807) is 29.0 Å². The van der Waals surface area contributed by atoms with Gasteiger partial charge in [0.05, 0.1) is 18.9 Å². The summed E-state index contributed by atoms with van der Waals surface area (Å²) < 4.78 is 6.51. The molecule has 1 saturated heterocycles. The lowest BCUT2D eigenvalue weighted by Crippen LogP contribution is -2.46. The smallest absolute Gasteiger partial charge is 0.328 e. The van der Waals surface area contributed by atoms with Crippen molar-refractivity contribution in [2.75, 3.05) is 7.11 Å². The number of rotatable bonds is 2. The Morgan fingerprint density at radius 3 is 2.76 bits per heavy atom. The van der Waals surface area contributed by atoms with Crippen LogP contribution in [0.4, 0.5) is 0 Å². The van der Waals surface area contributed by atoms with Crippen LogP contribution in [0.25, 0.3) is 0 Å². The van der Waals surface area contributed by atoms with Crippen molar-refractivity contribution in [1.29, 1.82) is 0 Å². The Balaban J connectivity index is 1.90. The van der Waals surface area contributed by atoms with E-state index >= 15 is 0 Å².